The number of thioether (sulfide) groups is 1. The highest BCUT2D eigenvalue weighted by Gasteiger charge is 2.55. The molecule has 0 saturated heterocycles. The van der Waals surface area contributed by atoms with Crippen LogP contribution in [-0.2, 0) is 0 Å². The van der Waals surface area contributed by atoms with E-state index in [-0.39, 0.29) is 0 Å². The summed E-state index contributed by atoms with van der Waals surface area (Å²) in [6, 6.07) is 0. The summed E-state index contributed by atoms with van der Waals surface area (Å²) >= 11 is 2.32. The Morgan fingerprint density at radius 1 is 0.706 bits per heavy atom. The van der Waals surface area contributed by atoms with E-state index in [4.69, 9.17) is 0 Å². The van der Waals surface area contributed by atoms with E-state index in [1.807, 2.05) is 0 Å². The van der Waals surface area contributed by atoms with Crippen molar-refractivity contribution in [2.24, 2.45) is 0 Å². The Kier molecular flexibility index (Phi) is 3.46. The lowest BCUT2D eigenvalue weighted by Crippen LogP contribution is -2.33. The quantitative estimate of drug-likeness (QED) is 0.584. The third kappa shape index (κ3) is 2.71. The molecule has 0 heterocycles. The molecule has 0 radical (unpaired) electrons. The lowest BCUT2D eigenvalue weighted by atomic mass is 10.5. The maximum absolute atomic E-state index is 2.58. The zero-order valence-corrected chi connectivity index (χ0v) is 15.5. The molecule has 0 unspecified atom stereocenters. The summed E-state index contributed by atoms with van der Waals surface area (Å²) in [5.74, 6) is 2.96. The van der Waals surface area contributed by atoms with Crippen LogP contribution in [0.5, 0.6) is 0 Å². The molecule has 2 saturated carbocycles. The highest BCUT2D eigenvalue weighted by Crippen LogP contribution is 2.66. The smallest absolute Gasteiger partial charge is 0.0516 e. The molecule has 100 valence electrons. The summed E-state index contributed by atoms with van der Waals surface area (Å²) in [7, 11) is -1.81. The third-order valence-corrected chi connectivity index (χ3v) is 15.4. The maximum Gasteiger partial charge on any atom is 0.0516 e. The molecule has 0 amide bonds. The molecule has 0 aromatic heterocycles. The lowest BCUT2D eigenvalue weighted by molar-refractivity contribution is 0.935. The fourth-order valence-corrected chi connectivity index (χ4v) is 11.8. The molecule has 2 rings (SSSR count). The minimum absolute atomic E-state index is 0.827. The van der Waals surface area contributed by atoms with Crippen LogP contribution in [0, 0.1) is 0 Å². The van der Waals surface area contributed by atoms with Gasteiger partial charge in [0, 0.05) is 0 Å². The summed E-state index contributed by atoms with van der Waals surface area (Å²) in [6.45, 7) is 15.5. The first-order valence-electron chi connectivity index (χ1n) is 7.20. The van der Waals surface area contributed by atoms with Crippen molar-refractivity contribution in [3.63, 3.8) is 0 Å². The summed E-state index contributed by atoms with van der Waals surface area (Å²) < 4.78 is 0. The zero-order chi connectivity index (χ0) is 12.9. The predicted octanol–water partition coefficient (Wildman–Crippen LogP) is 5.46. The summed E-state index contributed by atoms with van der Waals surface area (Å²) in [4.78, 5) is 0. The van der Waals surface area contributed by atoms with Gasteiger partial charge >= 0.3 is 0 Å². The fraction of sp³-hybridized carbons (Fsp3) is 1.00. The third-order valence-electron chi connectivity index (χ3n) is 5.65. The molecule has 17 heavy (non-hydrogen) atoms. The second kappa shape index (κ2) is 4.14. The van der Waals surface area contributed by atoms with Gasteiger partial charge in [0.15, 0.2) is 0 Å². The molecule has 0 nitrogen and oxygen atoms in total. The van der Waals surface area contributed by atoms with Crippen LogP contribution >= 0.6 is 11.8 Å². The van der Waals surface area contributed by atoms with Crippen molar-refractivity contribution >= 4 is 27.9 Å². The molecule has 0 atom stereocenters. The normalized spacial score (nSPS) is 25.8. The van der Waals surface area contributed by atoms with E-state index in [2.05, 4.69) is 51.0 Å². The summed E-state index contributed by atoms with van der Waals surface area (Å²) in [5.41, 5.74) is 0. The highest BCUT2D eigenvalue weighted by atomic mass is 32.2. The van der Waals surface area contributed by atoms with Crippen molar-refractivity contribution in [2.45, 2.75) is 75.0 Å². The second-order valence-corrected chi connectivity index (χ2v) is 20.7. The fourth-order valence-electron chi connectivity index (χ4n) is 2.97. The van der Waals surface area contributed by atoms with Gasteiger partial charge in [0.2, 0.25) is 0 Å². The van der Waals surface area contributed by atoms with Gasteiger partial charge in [-0.15, -0.1) is 0 Å². The van der Waals surface area contributed by atoms with Gasteiger partial charge in [-0.1, -0.05) is 39.3 Å². The van der Waals surface area contributed by atoms with Crippen molar-refractivity contribution in [2.75, 3.05) is 11.5 Å². The van der Waals surface area contributed by atoms with Crippen molar-refractivity contribution in [1.29, 1.82) is 0 Å². The van der Waals surface area contributed by atoms with Gasteiger partial charge in [0.25, 0.3) is 0 Å². The van der Waals surface area contributed by atoms with Gasteiger partial charge in [-0.25, -0.2) is 0 Å². The van der Waals surface area contributed by atoms with Gasteiger partial charge in [-0.3, -0.25) is 0 Å². The van der Waals surface area contributed by atoms with E-state index < -0.39 is 16.1 Å². The van der Waals surface area contributed by atoms with E-state index in [1.165, 1.54) is 37.2 Å². The van der Waals surface area contributed by atoms with Gasteiger partial charge < -0.3 is 0 Å². The Morgan fingerprint density at radius 2 is 1.00 bits per heavy atom. The van der Waals surface area contributed by atoms with Gasteiger partial charge in [-0.05, 0) is 47.3 Å². The van der Waals surface area contributed by atoms with Crippen LogP contribution in [0.1, 0.15) is 25.7 Å². The topological polar surface area (TPSA) is 0 Å². The standard InChI is InChI=1S/C14H30SSi2/c1-16(2,3)13(7-8-13)11-15-12-14(9-10-14)17(4,5)6/h7-12H2,1-6H3. The van der Waals surface area contributed by atoms with Crippen LogP contribution in [0.4, 0.5) is 0 Å². The molecular formula is C14H30SSi2. The molecule has 3 heteroatoms. The van der Waals surface area contributed by atoms with Crippen LogP contribution in [0.2, 0.25) is 49.4 Å². The molecule has 2 fully saturated rings. The molecular weight excluding hydrogens is 256 g/mol. The maximum atomic E-state index is 2.58. The van der Waals surface area contributed by atoms with Crippen LogP contribution in [0.3, 0.4) is 0 Å². The van der Waals surface area contributed by atoms with E-state index in [9.17, 15) is 0 Å². The molecule has 2 aliphatic carbocycles. The zero-order valence-electron chi connectivity index (χ0n) is 12.7. The van der Waals surface area contributed by atoms with Crippen LogP contribution < -0.4 is 0 Å². The van der Waals surface area contributed by atoms with Gasteiger partial charge in [0.05, 0.1) is 16.1 Å². The number of hydrogen-bond donors (Lipinski definition) is 0. The van der Waals surface area contributed by atoms with E-state index in [1.54, 1.807) is 0 Å². The molecule has 0 bridgehead atoms. The molecule has 0 N–H and O–H groups in total. The van der Waals surface area contributed by atoms with Gasteiger partial charge in [0.1, 0.15) is 0 Å². The first kappa shape index (κ1) is 14.2. The Bertz CT molecular complexity index is 260. The Hall–Kier alpha value is 0.784. The monoisotopic (exact) mass is 286 g/mol. The van der Waals surface area contributed by atoms with E-state index >= 15 is 0 Å². The van der Waals surface area contributed by atoms with Crippen molar-refractivity contribution < 1.29 is 0 Å². The summed E-state index contributed by atoms with van der Waals surface area (Å²) in [5, 5.41) is 1.65. The van der Waals surface area contributed by atoms with Crippen molar-refractivity contribution in [3.05, 3.63) is 0 Å². The van der Waals surface area contributed by atoms with Crippen molar-refractivity contribution in [3.8, 4) is 0 Å². The van der Waals surface area contributed by atoms with Crippen molar-refractivity contribution in [1.82, 2.24) is 0 Å². The summed E-state index contributed by atoms with van der Waals surface area (Å²) in [6.07, 6.45) is 6.15. The lowest BCUT2D eigenvalue weighted by Gasteiger charge is -2.32. The Balaban J connectivity index is 1.82. The van der Waals surface area contributed by atoms with Crippen LogP contribution in [0.25, 0.3) is 0 Å². The molecule has 0 aromatic rings. The number of rotatable bonds is 6. The predicted molar refractivity (Wildman–Crippen MR) is 87.9 cm³/mol. The molecule has 0 spiro atoms. The Morgan fingerprint density at radius 3 is 1.18 bits per heavy atom. The first-order chi connectivity index (χ1) is 7.62. The van der Waals surface area contributed by atoms with Gasteiger partial charge in [-0.2, -0.15) is 11.8 Å². The minimum atomic E-state index is -0.905. The Labute approximate surface area is 114 Å². The van der Waals surface area contributed by atoms with Crippen LogP contribution in [0.15, 0.2) is 0 Å². The van der Waals surface area contributed by atoms with Crippen LogP contribution in [-0.4, -0.2) is 27.7 Å². The average molecular weight is 287 g/mol. The number of hydrogen-bond acceptors (Lipinski definition) is 1. The first-order valence-corrected chi connectivity index (χ1v) is 15.4. The van der Waals surface area contributed by atoms with E-state index in [0.29, 0.717) is 0 Å². The molecule has 0 aromatic carbocycles. The highest BCUT2D eigenvalue weighted by molar-refractivity contribution is 7.99. The molecule has 2 aliphatic rings. The van der Waals surface area contributed by atoms with E-state index in [0.717, 1.165) is 10.1 Å². The second-order valence-electron chi connectivity index (χ2n) is 8.55. The average Bonchev–Trinajstić information content (AvgIpc) is 2.92. The SMILES string of the molecule is C[Si](C)(C)C1(CSCC2([Si](C)(C)C)CC2)CC1. The minimum Gasteiger partial charge on any atom is -0.161 e. The largest absolute Gasteiger partial charge is 0.161 e. The molecule has 0 aliphatic heterocycles.